The molecule has 1 heterocycles. The minimum Gasteiger partial charge on any atom is -0.484 e. The van der Waals surface area contributed by atoms with Gasteiger partial charge in [0.25, 0.3) is 5.91 Å². The lowest BCUT2D eigenvalue weighted by Gasteiger charge is -2.09. The highest BCUT2D eigenvalue weighted by atomic mass is 16.5. The maximum atomic E-state index is 12.0. The molecule has 2 aromatic carbocycles. The summed E-state index contributed by atoms with van der Waals surface area (Å²) in [6.07, 6.45) is 2.46. The summed E-state index contributed by atoms with van der Waals surface area (Å²) in [5, 5.41) is 7.15. The monoisotopic (exact) mass is 378 g/mol. The van der Waals surface area contributed by atoms with E-state index >= 15 is 0 Å². The fourth-order valence-electron chi connectivity index (χ4n) is 2.79. The van der Waals surface area contributed by atoms with E-state index < -0.39 is 0 Å². The summed E-state index contributed by atoms with van der Waals surface area (Å²) in [5.41, 5.74) is 3.44. The third-order valence-corrected chi connectivity index (χ3v) is 4.46. The van der Waals surface area contributed by atoms with Crippen molar-refractivity contribution < 1.29 is 9.53 Å². The van der Waals surface area contributed by atoms with Crippen LogP contribution in [0.3, 0.4) is 0 Å². The summed E-state index contributed by atoms with van der Waals surface area (Å²) >= 11 is 0. The summed E-state index contributed by atoms with van der Waals surface area (Å²) in [6.45, 7) is 4.94. The van der Waals surface area contributed by atoms with E-state index in [1.165, 1.54) is 11.1 Å². The van der Waals surface area contributed by atoms with Crippen LogP contribution in [-0.4, -0.2) is 33.8 Å². The molecule has 0 aliphatic carbocycles. The summed E-state index contributed by atoms with van der Waals surface area (Å²) in [6, 6.07) is 15.9. The SMILES string of the molecule is CC(C)c1ccc(CCNC(=O)COc2ccc(-c3ncn(C)n3)cc2)cc1. The molecule has 0 saturated carbocycles. The molecule has 0 bridgehead atoms. The van der Waals surface area contributed by atoms with Gasteiger partial charge < -0.3 is 10.1 Å². The highest BCUT2D eigenvalue weighted by molar-refractivity contribution is 5.77. The standard InChI is InChI=1S/C22H26N4O2/c1-16(2)18-6-4-17(5-7-18)12-13-23-21(27)14-28-20-10-8-19(9-11-20)22-24-15-26(3)25-22/h4-11,15-16H,12-14H2,1-3H3,(H,23,27). The first-order valence-electron chi connectivity index (χ1n) is 9.45. The Labute approximate surface area is 165 Å². The van der Waals surface area contributed by atoms with Crippen LogP contribution in [0.2, 0.25) is 0 Å². The Balaban J connectivity index is 1.40. The molecule has 146 valence electrons. The van der Waals surface area contributed by atoms with Gasteiger partial charge in [-0.25, -0.2) is 4.98 Å². The van der Waals surface area contributed by atoms with Gasteiger partial charge in [-0.1, -0.05) is 38.1 Å². The number of carbonyl (C=O) groups excluding carboxylic acids is 1. The van der Waals surface area contributed by atoms with Crippen LogP contribution in [0.15, 0.2) is 54.9 Å². The van der Waals surface area contributed by atoms with Crippen molar-refractivity contribution in [2.45, 2.75) is 26.2 Å². The second-order valence-corrected chi connectivity index (χ2v) is 7.05. The van der Waals surface area contributed by atoms with Crippen molar-refractivity contribution in [1.29, 1.82) is 0 Å². The minimum absolute atomic E-state index is 0.00648. The van der Waals surface area contributed by atoms with Gasteiger partial charge in [0.15, 0.2) is 12.4 Å². The maximum Gasteiger partial charge on any atom is 0.257 e. The third kappa shape index (κ3) is 5.42. The molecule has 1 N–H and O–H groups in total. The minimum atomic E-state index is -0.130. The van der Waals surface area contributed by atoms with E-state index in [0.717, 1.165) is 12.0 Å². The fraction of sp³-hybridized carbons (Fsp3) is 0.318. The van der Waals surface area contributed by atoms with E-state index in [0.29, 0.717) is 24.0 Å². The Morgan fingerprint density at radius 1 is 1.11 bits per heavy atom. The first-order valence-corrected chi connectivity index (χ1v) is 9.45. The van der Waals surface area contributed by atoms with Crippen LogP contribution in [0, 0.1) is 0 Å². The second kappa shape index (κ2) is 9.17. The van der Waals surface area contributed by atoms with Crippen molar-refractivity contribution in [3.8, 4) is 17.1 Å². The molecule has 0 saturated heterocycles. The zero-order chi connectivity index (χ0) is 19.9. The molecule has 6 heteroatoms. The molecule has 0 unspecified atom stereocenters. The number of aryl methyl sites for hydroxylation is 1. The van der Waals surface area contributed by atoms with Gasteiger partial charge in [-0.2, -0.15) is 5.10 Å². The molecule has 6 nitrogen and oxygen atoms in total. The number of nitrogens with one attached hydrogen (secondary N) is 1. The smallest absolute Gasteiger partial charge is 0.257 e. The average Bonchev–Trinajstić information content (AvgIpc) is 3.13. The lowest BCUT2D eigenvalue weighted by atomic mass is 10.0. The van der Waals surface area contributed by atoms with Crippen molar-refractivity contribution in [3.05, 3.63) is 66.0 Å². The topological polar surface area (TPSA) is 69.0 Å². The molecule has 0 spiro atoms. The van der Waals surface area contributed by atoms with Gasteiger partial charge >= 0.3 is 0 Å². The quantitative estimate of drug-likeness (QED) is 0.653. The van der Waals surface area contributed by atoms with Crippen LogP contribution in [0.1, 0.15) is 30.9 Å². The molecule has 0 aliphatic heterocycles. The molecule has 1 aromatic heterocycles. The molecule has 3 aromatic rings. The number of amides is 1. The zero-order valence-corrected chi connectivity index (χ0v) is 16.6. The summed E-state index contributed by atoms with van der Waals surface area (Å²) < 4.78 is 7.21. The van der Waals surface area contributed by atoms with Gasteiger partial charge in [0, 0.05) is 19.2 Å². The fourth-order valence-corrected chi connectivity index (χ4v) is 2.79. The molecule has 0 aliphatic rings. The maximum absolute atomic E-state index is 12.0. The van der Waals surface area contributed by atoms with Crippen LogP contribution < -0.4 is 10.1 Å². The van der Waals surface area contributed by atoms with Crippen LogP contribution >= 0.6 is 0 Å². The second-order valence-electron chi connectivity index (χ2n) is 7.05. The molecular weight excluding hydrogens is 352 g/mol. The van der Waals surface area contributed by atoms with Crippen molar-refractivity contribution in [1.82, 2.24) is 20.1 Å². The Hall–Kier alpha value is -3.15. The predicted octanol–water partition coefficient (Wildman–Crippen LogP) is 3.34. The molecule has 28 heavy (non-hydrogen) atoms. The van der Waals surface area contributed by atoms with Gasteiger partial charge in [0.2, 0.25) is 0 Å². The summed E-state index contributed by atoms with van der Waals surface area (Å²) in [5.74, 6) is 1.70. The van der Waals surface area contributed by atoms with E-state index in [-0.39, 0.29) is 12.5 Å². The molecule has 1 amide bonds. The Bertz CT molecular complexity index is 899. The number of nitrogens with zero attached hydrogens (tertiary/aromatic N) is 3. The van der Waals surface area contributed by atoms with Crippen molar-refractivity contribution in [3.63, 3.8) is 0 Å². The van der Waals surface area contributed by atoms with E-state index in [9.17, 15) is 4.79 Å². The van der Waals surface area contributed by atoms with Crippen molar-refractivity contribution in [2.75, 3.05) is 13.2 Å². The lowest BCUT2D eigenvalue weighted by molar-refractivity contribution is -0.123. The van der Waals surface area contributed by atoms with Gasteiger partial charge in [-0.3, -0.25) is 9.48 Å². The highest BCUT2D eigenvalue weighted by Crippen LogP contribution is 2.19. The summed E-state index contributed by atoms with van der Waals surface area (Å²) in [4.78, 5) is 16.2. The third-order valence-electron chi connectivity index (χ3n) is 4.46. The molecule has 3 rings (SSSR count). The zero-order valence-electron chi connectivity index (χ0n) is 16.6. The Morgan fingerprint density at radius 3 is 2.43 bits per heavy atom. The summed E-state index contributed by atoms with van der Waals surface area (Å²) in [7, 11) is 1.83. The molecular formula is C22H26N4O2. The number of carbonyl (C=O) groups is 1. The van der Waals surface area contributed by atoms with Crippen molar-refractivity contribution >= 4 is 5.91 Å². The predicted molar refractivity (Wildman–Crippen MR) is 109 cm³/mol. The van der Waals surface area contributed by atoms with E-state index in [1.54, 1.807) is 11.0 Å². The number of aromatic nitrogens is 3. The van der Waals surface area contributed by atoms with Gasteiger partial charge in [-0.05, 0) is 47.7 Å². The Kier molecular flexibility index (Phi) is 6.42. The van der Waals surface area contributed by atoms with Gasteiger partial charge in [0.1, 0.15) is 12.1 Å². The van der Waals surface area contributed by atoms with E-state index in [1.807, 2.05) is 31.3 Å². The number of hydrogen-bond acceptors (Lipinski definition) is 4. The van der Waals surface area contributed by atoms with Crippen LogP contribution in [0.5, 0.6) is 5.75 Å². The van der Waals surface area contributed by atoms with Crippen LogP contribution in [0.4, 0.5) is 0 Å². The first-order chi connectivity index (χ1) is 13.5. The normalized spacial score (nSPS) is 10.9. The van der Waals surface area contributed by atoms with Gasteiger partial charge in [0.05, 0.1) is 0 Å². The van der Waals surface area contributed by atoms with Gasteiger partial charge in [-0.15, -0.1) is 0 Å². The lowest BCUT2D eigenvalue weighted by Crippen LogP contribution is -2.30. The van der Waals surface area contributed by atoms with Crippen LogP contribution in [0.25, 0.3) is 11.4 Å². The number of ether oxygens (including phenoxy) is 1. The average molecular weight is 378 g/mol. The van der Waals surface area contributed by atoms with E-state index in [2.05, 4.69) is 53.5 Å². The van der Waals surface area contributed by atoms with Crippen molar-refractivity contribution in [2.24, 2.45) is 7.05 Å². The first kappa shape index (κ1) is 19.6. The number of hydrogen-bond donors (Lipinski definition) is 1. The van der Waals surface area contributed by atoms with E-state index in [4.69, 9.17) is 4.74 Å². The molecule has 0 radical (unpaired) electrons. The number of benzene rings is 2. The van der Waals surface area contributed by atoms with Crippen LogP contribution in [-0.2, 0) is 18.3 Å². The Morgan fingerprint density at radius 2 is 1.82 bits per heavy atom. The molecule has 0 fully saturated rings. The molecule has 0 atom stereocenters. The largest absolute Gasteiger partial charge is 0.484 e. The number of rotatable bonds is 8. The highest BCUT2D eigenvalue weighted by Gasteiger charge is 2.06.